The number of nitrogens with zero attached hydrogens (tertiary/aromatic N) is 2. The maximum Gasteiger partial charge on any atom is 0.0449 e. The van der Waals surface area contributed by atoms with E-state index in [2.05, 4.69) is 68.1 Å². The monoisotopic (exact) mass is 289 g/mol. The van der Waals surface area contributed by atoms with E-state index in [0.717, 1.165) is 6.54 Å². The fourth-order valence-corrected chi connectivity index (χ4v) is 3.53. The van der Waals surface area contributed by atoms with E-state index < -0.39 is 0 Å². The Bertz CT molecular complexity index is 458. The summed E-state index contributed by atoms with van der Waals surface area (Å²) in [5.41, 5.74) is 4.18. The third kappa shape index (κ3) is 4.06. The Morgan fingerprint density at radius 3 is 2.62 bits per heavy atom. The fourth-order valence-electron chi connectivity index (χ4n) is 3.53. The minimum Gasteiger partial charge on any atom is -0.312 e. The molecule has 1 aliphatic heterocycles. The average Bonchev–Trinajstić information content (AvgIpc) is 2.45. The zero-order chi connectivity index (χ0) is 15.4. The molecule has 0 amide bonds. The van der Waals surface area contributed by atoms with E-state index in [1.807, 2.05) is 0 Å². The van der Waals surface area contributed by atoms with Crippen molar-refractivity contribution in [1.29, 1.82) is 0 Å². The van der Waals surface area contributed by atoms with Crippen LogP contribution in [-0.2, 0) is 0 Å². The maximum absolute atomic E-state index is 3.51. The summed E-state index contributed by atoms with van der Waals surface area (Å²) in [5.74, 6) is 0. The summed E-state index contributed by atoms with van der Waals surface area (Å²) in [6, 6.07) is 7.89. The standard InChI is InChI=1S/C18H31N3/c1-6-21-10-9-20(12-16(21)4)13-18(19-5)17-8-7-14(2)11-15(17)3/h7-8,11,16,18-19H,6,9-10,12-13H2,1-5H3. The summed E-state index contributed by atoms with van der Waals surface area (Å²) in [6.07, 6.45) is 0. The fraction of sp³-hybridized carbons (Fsp3) is 0.667. The molecule has 0 radical (unpaired) electrons. The maximum atomic E-state index is 3.51. The van der Waals surface area contributed by atoms with Crippen LogP contribution < -0.4 is 5.32 Å². The smallest absolute Gasteiger partial charge is 0.0449 e. The zero-order valence-electron chi connectivity index (χ0n) is 14.3. The minimum absolute atomic E-state index is 0.422. The van der Waals surface area contributed by atoms with Crippen molar-refractivity contribution in [3.05, 3.63) is 34.9 Å². The topological polar surface area (TPSA) is 18.5 Å². The Kier molecular flexibility index (Phi) is 5.80. The number of hydrogen-bond donors (Lipinski definition) is 1. The van der Waals surface area contributed by atoms with Crippen LogP contribution >= 0.6 is 0 Å². The van der Waals surface area contributed by atoms with Gasteiger partial charge in [0, 0.05) is 38.3 Å². The van der Waals surface area contributed by atoms with Crippen molar-refractivity contribution >= 4 is 0 Å². The number of hydrogen-bond acceptors (Lipinski definition) is 3. The third-order valence-corrected chi connectivity index (χ3v) is 4.85. The van der Waals surface area contributed by atoms with Gasteiger partial charge in [0.1, 0.15) is 0 Å². The summed E-state index contributed by atoms with van der Waals surface area (Å²) in [7, 11) is 2.08. The summed E-state index contributed by atoms with van der Waals surface area (Å²) in [4.78, 5) is 5.18. The highest BCUT2D eigenvalue weighted by Crippen LogP contribution is 2.21. The number of piperazine rings is 1. The first kappa shape index (κ1) is 16.5. The van der Waals surface area contributed by atoms with Gasteiger partial charge >= 0.3 is 0 Å². The summed E-state index contributed by atoms with van der Waals surface area (Å²) in [6.45, 7) is 14.8. The largest absolute Gasteiger partial charge is 0.312 e. The van der Waals surface area contributed by atoms with Gasteiger partial charge in [-0.05, 0) is 45.5 Å². The summed E-state index contributed by atoms with van der Waals surface area (Å²) < 4.78 is 0. The Balaban J connectivity index is 2.03. The van der Waals surface area contributed by atoms with Crippen molar-refractivity contribution in [3.8, 4) is 0 Å². The normalized spacial score (nSPS) is 22.4. The van der Waals surface area contributed by atoms with Crippen LogP contribution in [0.1, 0.15) is 36.6 Å². The second-order valence-electron chi connectivity index (χ2n) is 6.44. The van der Waals surface area contributed by atoms with Gasteiger partial charge in [0.15, 0.2) is 0 Å². The molecule has 2 unspecified atom stereocenters. The van der Waals surface area contributed by atoms with Crippen LogP contribution in [0.25, 0.3) is 0 Å². The van der Waals surface area contributed by atoms with Crippen LogP contribution in [-0.4, -0.2) is 55.6 Å². The van der Waals surface area contributed by atoms with E-state index in [4.69, 9.17) is 0 Å². The second kappa shape index (κ2) is 7.39. The van der Waals surface area contributed by atoms with Gasteiger partial charge in [0.25, 0.3) is 0 Å². The number of nitrogens with one attached hydrogen (secondary N) is 1. The predicted molar refractivity (Wildman–Crippen MR) is 90.9 cm³/mol. The molecule has 2 rings (SSSR count). The van der Waals surface area contributed by atoms with Crippen LogP contribution in [0, 0.1) is 13.8 Å². The molecule has 3 heteroatoms. The lowest BCUT2D eigenvalue weighted by molar-refractivity contribution is 0.0818. The van der Waals surface area contributed by atoms with Crippen molar-refractivity contribution in [2.75, 3.05) is 39.8 Å². The molecule has 1 fully saturated rings. The highest BCUT2D eigenvalue weighted by molar-refractivity contribution is 5.33. The zero-order valence-corrected chi connectivity index (χ0v) is 14.3. The van der Waals surface area contributed by atoms with Crippen molar-refractivity contribution in [2.24, 2.45) is 0 Å². The van der Waals surface area contributed by atoms with Crippen LogP contribution in [0.2, 0.25) is 0 Å². The molecule has 0 aromatic heterocycles. The van der Waals surface area contributed by atoms with Gasteiger partial charge in [-0.1, -0.05) is 30.7 Å². The molecule has 1 aromatic carbocycles. The van der Waals surface area contributed by atoms with Crippen LogP contribution in [0.5, 0.6) is 0 Å². The molecule has 1 aliphatic rings. The number of rotatable bonds is 5. The first-order valence-corrected chi connectivity index (χ1v) is 8.26. The highest BCUT2D eigenvalue weighted by atomic mass is 15.3. The van der Waals surface area contributed by atoms with E-state index in [1.54, 1.807) is 0 Å². The second-order valence-corrected chi connectivity index (χ2v) is 6.44. The molecule has 0 bridgehead atoms. The van der Waals surface area contributed by atoms with Crippen LogP contribution in [0.3, 0.4) is 0 Å². The Hall–Kier alpha value is -0.900. The van der Waals surface area contributed by atoms with E-state index in [9.17, 15) is 0 Å². The van der Waals surface area contributed by atoms with E-state index in [0.29, 0.717) is 12.1 Å². The van der Waals surface area contributed by atoms with Gasteiger partial charge < -0.3 is 5.32 Å². The lowest BCUT2D eigenvalue weighted by Crippen LogP contribution is -2.53. The molecule has 3 nitrogen and oxygen atoms in total. The van der Waals surface area contributed by atoms with Crippen LogP contribution in [0.15, 0.2) is 18.2 Å². The van der Waals surface area contributed by atoms with Crippen molar-refractivity contribution < 1.29 is 0 Å². The molecule has 2 atom stereocenters. The average molecular weight is 289 g/mol. The lowest BCUT2D eigenvalue weighted by Gasteiger charge is -2.40. The predicted octanol–water partition coefficient (Wildman–Crippen LogP) is 2.59. The van der Waals surface area contributed by atoms with Gasteiger partial charge in [-0.3, -0.25) is 9.80 Å². The summed E-state index contributed by atoms with van der Waals surface area (Å²) in [5, 5.41) is 3.51. The summed E-state index contributed by atoms with van der Waals surface area (Å²) >= 11 is 0. The van der Waals surface area contributed by atoms with Crippen LogP contribution in [0.4, 0.5) is 0 Å². The van der Waals surface area contributed by atoms with E-state index >= 15 is 0 Å². The molecule has 21 heavy (non-hydrogen) atoms. The van der Waals surface area contributed by atoms with Crippen molar-refractivity contribution in [1.82, 2.24) is 15.1 Å². The van der Waals surface area contributed by atoms with Gasteiger partial charge in [-0.2, -0.15) is 0 Å². The molecule has 0 spiro atoms. The number of likely N-dealkylation sites (N-methyl/N-ethyl adjacent to an activating group) is 2. The first-order valence-electron chi connectivity index (χ1n) is 8.26. The first-order chi connectivity index (χ1) is 10.0. The molecule has 1 N–H and O–H groups in total. The van der Waals surface area contributed by atoms with Crippen molar-refractivity contribution in [2.45, 2.75) is 39.8 Å². The molecule has 0 aliphatic carbocycles. The third-order valence-electron chi connectivity index (χ3n) is 4.85. The van der Waals surface area contributed by atoms with Gasteiger partial charge in [0.2, 0.25) is 0 Å². The Labute approximate surface area is 130 Å². The van der Waals surface area contributed by atoms with Gasteiger partial charge in [-0.15, -0.1) is 0 Å². The molecule has 118 valence electrons. The highest BCUT2D eigenvalue weighted by Gasteiger charge is 2.24. The minimum atomic E-state index is 0.422. The molecule has 1 saturated heterocycles. The van der Waals surface area contributed by atoms with Gasteiger partial charge in [-0.25, -0.2) is 0 Å². The van der Waals surface area contributed by atoms with Gasteiger partial charge in [0.05, 0.1) is 0 Å². The van der Waals surface area contributed by atoms with E-state index in [1.165, 1.54) is 42.9 Å². The molecular weight excluding hydrogens is 258 g/mol. The SMILES string of the molecule is CCN1CCN(CC(NC)c2ccc(C)cc2C)CC1C. The quantitative estimate of drug-likeness (QED) is 0.899. The lowest BCUT2D eigenvalue weighted by atomic mass is 9.98. The number of benzene rings is 1. The molecule has 1 aromatic rings. The Morgan fingerprint density at radius 2 is 2.05 bits per heavy atom. The molecular formula is C18H31N3. The molecule has 1 heterocycles. The molecule has 0 saturated carbocycles. The Morgan fingerprint density at radius 1 is 1.29 bits per heavy atom. The van der Waals surface area contributed by atoms with Crippen molar-refractivity contribution in [3.63, 3.8) is 0 Å². The van der Waals surface area contributed by atoms with E-state index in [-0.39, 0.29) is 0 Å². The number of aryl methyl sites for hydroxylation is 2.